The quantitative estimate of drug-likeness (QED) is 0.422. The Balaban J connectivity index is 1.96. The van der Waals surface area contributed by atoms with E-state index in [1.807, 2.05) is 30.3 Å². The SMILES string of the molecule is CCCC(I)C1COC(=Nc2ccccc2)[Se]1. The van der Waals surface area contributed by atoms with Crippen LogP contribution in [0.1, 0.15) is 19.8 Å². The minimum atomic E-state index is 0.400. The molecule has 0 aromatic heterocycles. The van der Waals surface area contributed by atoms with E-state index in [-0.39, 0.29) is 0 Å². The maximum atomic E-state index is 5.71. The number of para-hydroxylation sites is 1. The van der Waals surface area contributed by atoms with E-state index >= 15 is 0 Å². The monoisotopic (exact) mass is 409 g/mol. The Morgan fingerprint density at radius 3 is 2.94 bits per heavy atom. The van der Waals surface area contributed by atoms with Crippen molar-refractivity contribution in [3.05, 3.63) is 30.3 Å². The van der Waals surface area contributed by atoms with Crippen molar-refractivity contribution < 1.29 is 4.74 Å². The summed E-state index contributed by atoms with van der Waals surface area (Å²) in [7, 11) is 0. The van der Waals surface area contributed by atoms with Crippen LogP contribution in [0.5, 0.6) is 0 Å². The normalized spacial score (nSPS) is 23.6. The Kier molecular flexibility index (Phi) is 5.32. The second-order valence-electron chi connectivity index (χ2n) is 3.99. The van der Waals surface area contributed by atoms with Crippen LogP contribution >= 0.6 is 22.6 Å². The van der Waals surface area contributed by atoms with Crippen LogP contribution in [0.4, 0.5) is 5.69 Å². The molecule has 1 saturated heterocycles. The third-order valence-corrected chi connectivity index (χ3v) is 7.63. The summed E-state index contributed by atoms with van der Waals surface area (Å²) in [4.78, 5) is 6.23. The summed E-state index contributed by atoms with van der Waals surface area (Å²) < 4.78 is 6.45. The molecule has 1 aromatic carbocycles. The van der Waals surface area contributed by atoms with Crippen LogP contribution in [0, 0.1) is 0 Å². The molecule has 1 heterocycles. The zero-order valence-corrected chi connectivity index (χ0v) is 13.7. The second-order valence-corrected chi connectivity index (χ2v) is 8.08. The summed E-state index contributed by atoms with van der Waals surface area (Å²) in [6.45, 7) is 3.10. The van der Waals surface area contributed by atoms with Gasteiger partial charge in [0, 0.05) is 0 Å². The fourth-order valence-electron chi connectivity index (χ4n) is 1.66. The minimum absolute atomic E-state index is 0.400. The predicted molar refractivity (Wildman–Crippen MR) is 81.7 cm³/mol. The van der Waals surface area contributed by atoms with Gasteiger partial charge >= 0.3 is 123 Å². The van der Waals surface area contributed by atoms with Gasteiger partial charge in [-0.15, -0.1) is 0 Å². The first-order chi connectivity index (χ1) is 8.29. The summed E-state index contributed by atoms with van der Waals surface area (Å²) in [5, 5.41) is 0. The zero-order valence-electron chi connectivity index (χ0n) is 9.80. The Hall–Kier alpha value is -0.0605. The number of rotatable bonds is 4. The molecule has 2 rings (SSSR count). The van der Waals surface area contributed by atoms with Crippen LogP contribution in [0.2, 0.25) is 4.82 Å². The number of benzene rings is 1. The number of nitrogens with zero attached hydrogens (tertiary/aromatic N) is 1. The van der Waals surface area contributed by atoms with Crippen molar-refractivity contribution in [2.24, 2.45) is 4.99 Å². The number of hydrogen-bond donors (Lipinski definition) is 0. The number of ether oxygens (including phenoxy) is 1. The maximum absolute atomic E-state index is 5.71. The third kappa shape index (κ3) is 3.97. The van der Waals surface area contributed by atoms with Gasteiger partial charge in [0.25, 0.3) is 0 Å². The van der Waals surface area contributed by atoms with Crippen LogP contribution in [0.15, 0.2) is 35.3 Å². The molecule has 0 N–H and O–H groups in total. The first-order valence-corrected chi connectivity index (χ1v) is 8.96. The van der Waals surface area contributed by atoms with Gasteiger partial charge in [-0.1, -0.05) is 0 Å². The van der Waals surface area contributed by atoms with Crippen LogP contribution < -0.4 is 0 Å². The van der Waals surface area contributed by atoms with E-state index in [4.69, 9.17) is 4.74 Å². The van der Waals surface area contributed by atoms with Crippen LogP contribution in [-0.4, -0.2) is 30.3 Å². The van der Waals surface area contributed by atoms with Crippen LogP contribution in [-0.2, 0) is 4.74 Å². The fourth-order valence-corrected chi connectivity index (χ4v) is 5.29. The molecule has 2 nitrogen and oxygen atoms in total. The summed E-state index contributed by atoms with van der Waals surface area (Å²) >= 11 is 2.96. The number of halogens is 1. The molecule has 4 heteroatoms. The van der Waals surface area contributed by atoms with E-state index in [0.29, 0.717) is 19.8 Å². The molecule has 1 aromatic rings. The van der Waals surface area contributed by atoms with E-state index < -0.39 is 0 Å². The summed E-state index contributed by atoms with van der Waals surface area (Å²) in [6.07, 6.45) is 2.54. The molecule has 92 valence electrons. The van der Waals surface area contributed by atoms with Crippen molar-refractivity contribution in [1.82, 2.24) is 0 Å². The second kappa shape index (κ2) is 6.76. The van der Waals surface area contributed by atoms with E-state index in [2.05, 4.69) is 34.5 Å². The molecule has 0 aliphatic carbocycles. The topological polar surface area (TPSA) is 21.6 Å². The van der Waals surface area contributed by atoms with E-state index in [1.54, 1.807) is 0 Å². The van der Waals surface area contributed by atoms with Gasteiger partial charge in [0.05, 0.1) is 0 Å². The fraction of sp³-hybridized carbons (Fsp3) is 0.462. The molecule has 0 spiro atoms. The first-order valence-electron chi connectivity index (χ1n) is 5.87. The standard InChI is InChI=1S/C13H16INOSe/c1-2-6-11(14)12-9-16-13(17-12)15-10-7-4-3-5-8-10/h3-5,7-8,11-12H,2,6,9H2,1H3. The van der Waals surface area contributed by atoms with E-state index in [9.17, 15) is 0 Å². The number of aliphatic imine (C=N–C) groups is 1. The molecule has 0 amide bonds. The Bertz CT molecular complexity index is 382. The molecule has 1 aliphatic heterocycles. The molecular formula is C13H16INOSe. The first kappa shape index (κ1) is 13.4. The summed E-state index contributed by atoms with van der Waals surface area (Å²) in [5.74, 6) is 0. The van der Waals surface area contributed by atoms with Gasteiger partial charge in [-0.3, -0.25) is 0 Å². The molecular weight excluding hydrogens is 392 g/mol. The van der Waals surface area contributed by atoms with Gasteiger partial charge in [0.2, 0.25) is 0 Å². The van der Waals surface area contributed by atoms with E-state index in [0.717, 1.165) is 21.0 Å². The van der Waals surface area contributed by atoms with Gasteiger partial charge in [-0.25, -0.2) is 0 Å². The Morgan fingerprint density at radius 1 is 1.47 bits per heavy atom. The predicted octanol–water partition coefficient (Wildman–Crippen LogP) is 3.80. The zero-order chi connectivity index (χ0) is 12.1. The number of alkyl halides is 1. The molecule has 1 fully saturated rings. The summed E-state index contributed by atoms with van der Waals surface area (Å²) in [5.41, 5.74) is 1.01. The molecule has 2 atom stereocenters. The average molecular weight is 408 g/mol. The number of hydrogen-bond acceptors (Lipinski definition) is 2. The molecule has 1 aliphatic rings. The van der Waals surface area contributed by atoms with Gasteiger partial charge in [0.1, 0.15) is 0 Å². The van der Waals surface area contributed by atoms with Crippen molar-refractivity contribution in [1.29, 1.82) is 0 Å². The van der Waals surface area contributed by atoms with Crippen molar-refractivity contribution in [3.8, 4) is 0 Å². The van der Waals surface area contributed by atoms with Crippen molar-refractivity contribution in [2.45, 2.75) is 28.5 Å². The van der Waals surface area contributed by atoms with Gasteiger partial charge in [-0.2, -0.15) is 0 Å². The molecule has 2 unspecified atom stereocenters. The van der Waals surface area contributed by atoms with Gasteiger partial charge in [-0.05, 0) is 0 Å². The molecule has 0 radical (unpaired) electrons. The van der Waals surface area contributed by atoms with E-state index in [1.165, 1.54) is 12.8 Å². The third-order valence-electron chi connectivity index (χ3n) is 2.57. The summed E-state index contributed by atoms with van der Waals surface area (Å²) in [6, 6.07) is 10.1. The van der Waals surface area contributed by atoms with Gasteiger partial charge < -0.3 is 0 Å². The van der Waals surface area contributed by atoms with Crippen LogP contribution in [0.25, 0.3) is 0 Å². The molecule has 17 heavy (non-hydrogen) atoms. The van der Waals surface area contributed by atoms with Crippen molar-refractivity contribution in [3.63, 3.8) is 0 Å². The Labute approximate surface area is 123 Å². The van der Waals surface area contributed by atoms with Crippen molar-refractivity contribution >= 4 is 48.0 Å². The van der Waals surface area contributed by atoms with Crippen molar-refractivity contribution in [2.75, 3.05) is 6.61 Å². The molecule has 0 saturated carbocycles. The van der Waals surface area contributed by atoms with Gasteiger partial charge in [0.15, 0.2) is 0 Å². The molecule has 0 bridgehead atoms. The van der Waals surface area contributed by atoms with Crippen LogP contribution in [0.3, 0.4) is 0 Å². The Morgan fingerprint density at radius 2 is 2.24 bits per heavy atom. The average Bonchev–Trinajstić information content (AvgIpc) is 2.79.